The summed E-state index contributed by atoms with van der Waals surface area (Å²) in [5.41, 5.74) is 0.0482. The second-order valence-corrected chi connectivity index (χ2v) is 5.18. The Morgan fingerprint density at radius 3 is 1.93 bits per heavy atom. The summed E-state index contributed by atoms with van der Waals surface area (Å²) >= 11 is 0. The number of carbonyl (C=O) groups excluding carboxylic acids is 1. The van der Waals surface area contributed by atoms with Crippen molar-refractivity contribution in [2.45, 2.75) is 60.0 Å². The summed E-state index contributed by atoms with van der Waals surface area (Å²) in [6, 6.07) is 0. The van der Waals surface area contributed by atoms with Gasteiger partial charge in [-0.1, -0.05) is 41.2 Å². The van der Waals surface area contributed by atoms with E-state index in [-0.39, 0.29) is 11.4 Å². The molecule has 0 fully saturated rings. The molecule has 0 rings (SSSR count). The Morgan fingerprint density at radius 2 is 1.67 bits per heavy atom. The molecule has 2 nitrogen and oxygen atoms in total. The van der Waals surface area contributed by atoms with Crippen LogP contribution in [0.1, 0.15) is 54.4 Å². The maximum absolute atomic E-state index is 11.7. The third-order valence-corrected chi connectivity index (χ3v) is 3.29. The van der Waals surface area contributed by atoms with E-state index in [9.17, 15) is 4.79 Å². The Bertz CT molecular complexity index is 248. The molecule has 2 heteroatoms. The third kappa shape index (κ3) is 3.37. The highest BCUT2D eigenvalue weighted by Gasteiger charge is 2.39. The van der Waals surface area contributed by atoms with E-state index in [0.717, 1.165) is 6.42 Å². The van der Waals surface area contributed by atoms with E-state index in [1.54, 1.807) is 0 Å². The van der Waals surface area contributed by atoms with Crippen molar-refractivity contribution < 1.29 is 9.53 Å². The summed E-state index contributed by atoms with van der Waals surface area (Å²) in [6.45, 7) is 15.9. The fourth-order valence-corrected chi connectivity index (χ4v) is 1.18. The quantitative estimate of drug-likeness (QED) is 0.524. The van der Waals surface area contributed by atoms with Crippen molar-refractivity contribution in [2.24, 2.45) is 5.41 Å². The van der Waals surface area contributed by atoms with Crippen molar-refractivity contribution in [1.82, 2.24) is 0 Å². The van der Waals surface area contributed by atoms with Crippen LogP contribution in [0.25, 0.3) is 0 Å². The fraction of sp³-hybridized carbons (Fsp3) is 0.769. The molecule has 88 valence electrons. The van der Waals surface area contributed by atoms with Gasteiger partial charge in [0.15, 0.2) is 0 Å². The van der Waals surface area contributed by atoms with Gasteiger partial charge in [-0.25, -0.2) is 4.79 Å². The lowest BCUT2D eigenvalue weighted by molar-refractivity contribution is -0.166. The lowest BCUT2D eigenvalue weighted by atomic mass is 9.76. The second-order valence-electron chi connectivity index (χ2n) is 5.18. The summed E-state index contributed by atoms with van der Waals surface area (Å²) in [7, 11) is 0. The molecule has 0 aliphatic heterocycles. The molecule has 1 unspecified atom stereocenters. The van der Waals surface area contributed by atoms with E-state index in [0.29, 0.717) is 12.0 Å². The van der Waals surface area contributed by atoms with Gasteiger partial charge in [0.1, 0.15) is 5.60 Å². The number of esters is 1. The monoisotopic (exact) mass is 212 g/mol. The van der Waals surface area contributed by atoms with Crippen molar-refractivity contribution in [3.8, 4) is 0 Å². The molecule has 0 spiro atoms. The van der Waals surface area contributed by atoms with E-state index in [1.165, 1.54) is 0 Å². The van der Waals surface area contributed by atoms with Gasteiger partial charge in [-0.3, -0.25) is 0 Å². The molecule has 0 aromatic carbocycles. The molecule has 0 aromatic rings. The second kappa shape index (κ2) is 4.82. The molecule has 0 bridgehead atoms. The normalized spacial score (nSPS) is 15.6. The highest BCUT2D eigenvalue weighted by molar-refractivity contribution is 5.87. The van der Waals surface area contributed by atoms with Gasteiger partial charge in [-0.05, 0) is 19.8 Å². The van der Waals surface area contributed by atoms with Crippen LogP contribution >= 0.6 is 0 Å². The Hall–Kier alpha value is -0.790. The topological polar surface area (TPSA) is 26.3 Å². The standard InChI is InChI=1S/C13H24O2/c1-8-10(3)11(14)15-13(7,9-2)12(4,5)6/h3,8-9H2,1-2,4-7H3. The Kier molecular flexibility index (Phi) is 4.57. The van der Waals surface area contributed by atoms with Crippen molar-refractivity contribution in [1.29, 1.82) is 0 Å². The average molecular weight is 212 g/mol. The van der Waals surface area contributed by atoms with E-state index >= 15 is 0 Å². The molecule has 0 N–H and O–H groups in total. The van der Waals surface area contributed by atoms with Crippen LogP contribution in [0.2, 0.25) is 0 Å². The summed E-state index contributed by atoms with van der Waals surface area (Å²) in [6.07, 6.45) is 1.45. The van der Waals surface area contributed by atoms with Gasteiger partial charge < -0.3 is 4.74 Å². The van der Waals surface area contributed by atoms with Gasteiger partial charge in [0.2, 0.25) is 0 Å². The minimum atomic E-state index is -0.428. The number of hydrogen-bond donors (Lipinski definition) is 0. The van der Waals surface area contributed by atoms with Crippen LogP contribution in [-0.2, 0) is 9.53 Å². The molecule has 0 heterocycles. The largest absolute Gasteiger partial charge is 0.455 e. The van der Waals surface area contributed by atoms with Crippen LogP contribution in [0.15, 0.2) is 12.2 Å². The van der Waals surface area contributed by atoms with Crippen molar-refractivity contribution in [2.75, 3.05) is 0 Å². The van der Waals surface area contributed by atoms with E-state index in [1.807, 2.05) is 20.8 Å². The molecular formula is C13H24O2. The summed E-state index contributed by atoms with van der Waals surface area (Å²) in [5.74, 6) is -0.267. The number of rotatable bonds is 4. The average Bonchev–Trinajstić information content (AvgIpc) is 2.14. The van der Waals surface area contributed by atoms with Gasteiger partial charge in [0, 0.05) is 11.0 Å². The van der Waals surface area contributed by atoms with Crippen LogP contribution in [0, 0.1) is 5.41 Å². The lowest BCUT2D eigenvalue weighted by Crippen LogP contribution is -2.43. The molecule has 15 heavy (non-hydrogen) atoms. The minimum absolute atomic E-state index is 0.0641. The number of ether oxygens (including phenoxy) is 1. The third-order valence-electron chi connectivity index (χ3n) is 3.29. The molecule has 1 atom stereocenters. The molecule has 0 aliphatic carbocycles. The first-order valence-electron chi connectivity index (χ1n) is 5.59. The zero-order valence-corrected chi connectivity index (χ0v) is 10.9. The van der Waals surface area contributed by atoms with E-state index in [2.05, 4.69) is 27.4 Å². The first-order valence-corrected chi connectivity index (χ1v) is 5.59. The van der Waals surface area contributed by atoms with Crippen LogP contribution < -0.4 is 0 Å². The SMILES string of the molecule is C=C(CC)C(=O)OC(C)(CC)C(C)(C)C. The number of hydrogen-bond acceptors (Lipinski definition) is 2. The van der Waals surface area contributed by atoms with Gasteiger partial charge in [0.05, 0.1) is 0 Å². The Balaban J connectivity index is 4.74. The summed E-state index contributed by atoms with van der Waals surface area (Å²) in [4.78, 5) is 11.7. The first kappa shape index (κ1) is 14.2. The first-order chi connectivity index (χ1) is 6.68. The highest BCUT2D eigenvalue weighted by atomic mass is 16.6. The number of carbonyl (C=O) groups is 1. The van der Waals surface area contributed by atoms with Crippen molar-refractivity contribution in [3.63, 3.8) is 0 Å². The van der Waals surface area contributed by atoms with Gasteiger partial charge >= 0.3 is 5.97 Å². The maximum atomic E-state index is 11.7. The van der Waals surface area contributed by atoms with Crippen LogP contribution in [0.4, 0.5) is 0 Å². The van der Waals surface area contributed by atoms with E-state index in [4.69, 9.17) is 4.74 Å². The van der Waals surface area contributed by atoms with Crippen LogP contribution in [0.3, 0.4) is 0 Å². The van der Waals surface area contributed by atoms with Gasteiger partial charge in [-0.2, -0.15) is 0 Å². The summed E-state index contributed by atoms with van der Waals surface area (Å²) < 4.78 is 5.57. The highest BCUT2D eigenvalue weighted by Crippen LogP contribution is 2.36. The molecule has 0 aromatic heterocycles. The van der Waals surface area contributed by atoms with Gasteiger partial charge in [-0.15, -0.1) is 0 Å². The maximum Gasteiger partial charge on any atom is 0.333 e. The molecule has 0 aliphatic rings. The van der Waals surface area contributed by atoms with Crippen LogP contribution in [0.5, 0.6) is 0 Å². The zero-order valence-electron chi connectivity index (χ0n) is 10.9. The Morgan fingerprint density at radius 1 is 1.20 bits per heavy atom. The molecule has 0 saturated carbocycles. The molecule has 0 saturated heterocycles. The van der Waals surface area contributed by atoms with Crippen LogP contribution in [-0.4, -0.2) is 11.6 Å². The Labute approximate surface area is 93.7 Å². The van der Waals surface area contributed by atoms with Crippen molar-refractivity contribution >= 4 is 5.97 Å². The summed E-state index contributed by atoms with van der Waals surface area (Å²) in [5, 5.41) is 0. The fourth-order valence-electron chi connectivity index (χ4n) is 1.18. The minimum Gasteiger partial charge on any atom is -0.455 e. The molecule has 0 radical (unpaired) electrons. The zero-order chi connectivity index (χ0) is 12.3. The molecule has 0 amide bonds. The predicted molar refractivity (Wildman–Crippen MR) is 63.7 cm³/mol. The predicted octanol–water partition coefficient (Wildman–Crippen LogP) is 3.71. The van der Waals surface area contributed by atoms with E-state index < -0.39 is 5.60 Å². The smallest absolute Gasteiger partial charge is 0.333 e. The van der Waals surface area contributed by atoms with Gasteiger partial charge in [0.25, 0.3) is 0 Å². The molecular weight excluding hydrogens is 188 g/mol. The van der Waals surface area contributed by atoms with Crippen molar-refractivity contribution in [3.05, 3.63) is 12.2 Å². The lowest BCUT2D eigenvalue weighted by Gasteiger charge is -2.40.